The van der Waals surface area contributed by atoms with Crippen molar-refractivity contribution in [2.75, 3.05) is 45.3 Å². The van der Waals surface area contributed by atoms with Gasteiger partial charge < -0.3 is 20.1 Å². The van der Waals surface area contributed by atoms with Gasteiger partial charge in [-0.1, -0.05) is 12.1 Å². The topological polar surface area (TPSA) is 45.8 Å². The first-order valence-electron chi connectivity index (χ1n) is 8.30. The van der Waals surface area contributed by atoms with Crippen molar-refractivity contribution in [3.05, 3.63) is 46.7 Å². The number of ether oxygens (including phenoxy) is 2. The first-order valence-corrected chi connectivity index (χ1v) is 9.59. The van der Waals surface area contributed by atoms with Crippen LogP contribution in [0.2, 0.25) is 0 Å². The van der Waals surface area contributed by atoms with Gasteiger partial charge in [0.2, 0.25) is 0 Å². The molecule has 0 amide bonds. The van der Waals surface area contributed by atoms with Crippen molar-refractivity contribution in [2.24, 2.45) is 0 Å². The first-order chi connectivity index (χ1) is 12.3. The van der Waals surface area contributed by atoms with E-state index in [4.69, 9.17) is 21.7 Å². The summed E-state index contributed by atoms with van der Waals surface area (Å²) in [6.07, 6.45) is 0. The van der Waals surface area contributed by atoms with E-state index >= 15 is 0 Å². The van der Waals surface area contributed by atoms with Gasteiger partial charge in [0, 0.05) is 36.3 Å². The van der Waals surface area contributed by atoms with Gasteiger partial charge in [-0.15, -0.1) is 11.3 Å². The fourth-order valence-corrected chi connectivity index (χ4v) is 3.91. The van der Waals surface area contributed by atoms with Crippen LogP contribution >= 0.6 is 23.6 Å². The predicted octanol–water partition coefficient (Wildman–Crippen LogP) is 3.12. The smallest absolute Gasteiger partial charge is 0.170 e. The Labute approximate surface area is 157 Å². The van der Waals surface area contributed by atoms with Crippen molar-refractivity contribution < 1.29 is 9.47 Å². The van der Waals surface area contributed by atoms with Crippen LogP contribution < -0.4 is 15.4 Å². The molecule has 1 aliphatic heterocycles. The highest BCUT2D eigenvalue weighted by Crippen LogP contribution is 2.25. The van der Waals surface area contributed by atoms with Gasteiger partial charge in [0.05, 0.1) is 26.4 Å². The van der Waals surface area contributed by atoms with Crippen LogP contribution in [-0.4, -0.2) is 50.0 Å². The van der Waals surface area contributed by atoms with Crippen LogP contribution in [0.4, 0.5) is 5.69 Å². The lowest BCUT2D eigenvalue weighted by Crippen LogP contribution is -2.44. The Kier molecular flexibility index (Phi) is 6.63. The quantitative estimate of drug-likeness (QED) is 0.755. The molecule has 1 aliphatic rings. The van der Waals surface area contributed by atoms with E-state index in [2.05, 4.69) is 33.0 Å². The summed E-state index contributed by atoms with van der Waals surface area (Å²) in [6, 6.07) is 12.3. The maximum absolute atomic E-state index is 5.48. The molecule has 5 nitrogen and oxygen atoms in total. The molecular formula is C18H23N3O2S2. The van der Waals surface area contributed by atoms with E-state index in [9.17, 15) is 0 Å². The van der Waals surface area contributed by atoms with E-state index < -0.39 is 0 Å². The molecule has 0 aliphatic carbocycles. The fourth-order valence-electron chi connectivity index (χ4n) is 2.85. The van der Waals surface area contributed by atoms with Gasteiger partial charge >= 0.3 is 0 Å². The van der Waals surface area contributed by atoms with E-state index in [1.54, 1.807) is 18.4 Å². The van der Waals surface area contributed by atoms with Gasteiger partial charge in [-0.25, -0.2) is 0 Å². The van der Waals surface area contributed by atoms with E-state index in [0.717, 1.165) is 44.3 Å². The zero-order valence-corrected chi connectivity index (χ0v) is 15.9. The van der Waals surface area contributed by atoms with E-state index in [1.807, 2.05) is 24.3 Å². The van der Waals surface area contributed by atoms with Crippen molar-refractivity contribution >= 4 is 34.4 Å². The molecule has 1 fully saturated rings. The van der Waals surface area contributed by atoms with Gasteiger partial charge in [0.15, 0.2) is 5.11 Å². The number of benzene rings is 1. The Hall–Kier alpha value is -1.67. The van der Waals surface area contributed by atoms with Crippen molar-refractivity contribution in [3.8, 4) is 5.75 Å². The molecule has 0 saturated carbocycles. The average Bonchev–Trinajstić information content (AvgIpc) is 3.17. The average molecular weight is 378 g/mol. The lowest BCUT2D eigenvalue weighted by atomic mass is 10.2. The number of anilines is 1. The third-order valence-corrected chi connectivity index (χ3v) is 5.36. The summed E-state index contributed by atoms with van der Waals surface area (Å²) in [6.45, 7) is 4.22. The molecule has 0 unspecified atom stereocenters. The highest BCUT2D eigenvalue weighted by molar-refractivity contribution is 7.80. The van der Waals surface area contributed by atoms with Crippen molar-refractivity contribution in [3.63, 3.8) is 0 Å². The monoisotopic (exact) mass is 377 g/mol. The Morgan fingerprint density at radius 2 is 2.16 bits per heavy atom. The molecule has 0 spiro atoms. The summed E-state index contributed by atoms with van der Waals surface area (Å²) in [5, 5.41) is 9.31. The molecule has 0 bridgehead atoms. The zero-order valence-electron chi connectivity index (χ0n) is 14.2. The molecule has 7 heteroatoms. The molecular weight excluding hydrogens is 354 g/mol. The fraction of sp³-hybridized carbons (Fsp3) is 0.389. The largest absolute Gasteiger partial charge is 0.497 e. The Bertz CT molecular complexity index is 673. The maximum atomic E-state index is 5.48. The van der Waals surface area contributed by atoms with Crippen molar-refractivity contribution in [1.29, 1.82) is 0 Å². The number of methoxy groups -OCH3 is 1. The van der Waals surface area contributed by atoms with E-state index in [-0.39, 0.29) is 0 Å². The molecule has 2 N–H and O–H groups in total. The number of rotatable bonds is 6. The molecule has 2 aromatic rings. The summed E-state index contributed by atoms with van der Waals surface area (Å²) in [4.78, 5) is 3.80. The van der Waals surface area contributed by atoms with Gasteiger partial charge in [-0.05, 0) is 35.8 Å². The lowest BCUT2D eigenvalue weighted by Gasteiger charge is -2.34. The minimum atomic E-state index is 0.300. The zero-order chi connectivity index (χ0) is 17.5. The summed E-state index contributed by atoms with van der Waals surface area (Å²) in [5.74, 6) is 0.803. The molecule has 3 rings (SSSR count). The Balaban J connectivity index is 1.59. The number of hydrogen-bond acceptors (Lipinski definition) is 5. The first kappa shape index (κ1) is 18.1. The second-order valence-corrected chi connectivity index (χ2v) is 7.13. The number of morpholine rings is 1. The number of thiocarbonyl (C=S) groups is 1. The van der Waals surface area contributed by atoms with E-state index in [0.29, 0.717) is 11.2 Å². The Morgan fingerprint density at radius 3 is 2.88 bits per heavy atom. The number of nitrogens with one attached hydrogen (secondary N) is 2. The normalized spacial score (nSPS) is 16.2. The molecule has 0 radical (unpaired) electrons. The molecule has 134 valence electrons. The summed E-state index contributed by atoms with van der Waals surface area (Å²) in [5.41, 5.74) is 0.913. The van der Waals surface area contributed by atoms with Crippen LogP contribution in [0.25, 0.3) is 0 Å². The summed E-state index contributed by atoms with van der Waals surface area (Å²) >= 11 is 7.24. The minimum Gasteiger partial charge on any atom is -0.497 e. The number of thiophene rings is 1. The van der Waals surface area contributed by atoms with Gasteiger partial charge in [0.1, 0.15) is 5.75 Å². The van der Waals surface area contributed by atoms with Crippen LogP contribution in [0.5, 0.6) is 5.75 Å². The number of hydrogen-bond donors (Lipinski definition) is 2. The van der Waals surface area contributed by atoms with Crippen LogP contribution in [0.3, 0.4) is 0 Å². The third-order valence-electron chi connectivity index (χ3n) is 4.14. The SMILES string of the molecule is COc1cccc(NC(=S)NC[C@H](c2cccs2)N2CCOCC2)c1. The summed E-state index contributed by atoms with van der Waals surface area (Å²) < 4.78 is 10.7. The molecule has 1 aromatic carbocycles. The lowest BCUT2D eigenvalue weighted by molar-refractivity contribution is 0.0177. The molecule has 2 heterocycles. The van der Waals surface area contributed by atoms with Gasteiger partial charge in [-0.3, -0.25) is 4.90 Å². The van der Waals surface area contributed by atoms with Crippen molar-refractivity contribution in [2.45, 2.75) is 6.04 Å². The minimum absolute atomic E-state index is 0.300. The van der Waals surface area contributed by atoms with E-state index in [1.165, 1.54) is 4.88 Å². The predicted molar refractivity (Wildman–Crippen MR) is 107 cm³/mol. The van der Waals surface area contributed by atoms with Crippen LogP contribution in [0, 0.1) is 0 Å². The second-order valence-electron chi connectivity index (χ2n) is 5.75. The summed E-state index contributed by atoms with van der Waals surface area (Å²) in [7, 11) is 1.66. The molecule has 1 saturated heterocycles. The molecule has 25 heavy (non-hydrogen) atoms. The van der Waals surface area contributed by atoms with Crippen LogP contribution in [0.15, 0.2) is 41.8 Å². The van der Waals surface area contributed by atoms with Crippen LogP contribution in [-0.2, 0) is 4.74 Å². The number of nitrogens with zero attached hydrogens (tertiary/aromatic N) is 1. The second kappa shape index (κ2) is 9.15. The van der Waals surface area contributed by atoms with Crippen molar-refractivity contribution in [1.82, 2.24) is 10.2 Å². The van der Waals surface area contributed by atoms with Crippen LogP contribution in [0.1, 0.15) is 10.9 Å². The maximum Gasteiger partial charge on any atom is 0.170 e. The third kappa shape index (κ3) is 5.15. The molecule has 1 atom stereocenters. The van der Waals surface area contributed by atoms with Gasteiger partial charge in [-0.2, -0.15) is 0 Å². The van der Waals surface area contributed by atoms with Gasteiger partial charge in [0.25, 0.3) is 0 Å². The molecule has 1 aromatic heterocycles. The standard InChI is InChI=1S/C18H23N3O2S2/c1-22-15-5-2-4-14(12-15)20-18(24)19-13-16(17-6-3-11-25-17)21-7-9-23-10-8-21/h2-6,11-12,16H,7-10,13H2,1H3,(H2,19,20,24)/t16-/m1/s1. The Morgan fingerprint density at radius 1 is 1.32 bits per heavy atom. The highest BCUT2D eigenvalue weighted by atomic mass is 32.1. The highest BCUT2D eigenvalue weighted by Gasteiger charge is 2.23.